The predicted molar refractivity (Wildman–Crippen MR) is 194 cm³/mol. The highest BCUT2D eigenvalue weighted by Crippen LogP contribution is 2.47. The fourth-order valence-corrected chi connectivity index (χ4v) is 8.06. The third-order valence-corrected chi connectivity index (χ3v) is 12.6. The number of halogens is 2. The molecule has 5 atom stereocenters. The van der Waals surface area contributed by atoms with Crippen LogP contribution in [-0.4, -0.2) is 58.8 Å². The van der Waals surface area contributed by atoms with Crippen LogP contribution in [0.25, 0.3) is 0 Å². The summed E-state index contributed by atoms with van der Waals surface area (Å²) >= 11 is 6.16. The molecule has 2 fully saturated rings. The smallest absolute Gasteiger partial charge is 0.254 e. The SMILES string of the molecule is C=C[C@@H]1C[C@]1(NC(O)[C@H]1Cc2cc(Oc3cccc(Cl)c3)ccc2CN1C(=O)[C@@H](Nc1ccc(F)cc1)C(C)(C)C)C(=O)NS(=O)(=O)C1(C)CC1. The highest BCUT2D eigenvalue weighted by Gasteiger charge is 2.62. The van der Waals surface area contributed by atoms with Crippen molar-refractivity contribution in [3.63, 3.8) is 0 Å². The van der Waals surface area contributed by atoms with Crippen LogP contribution in [0.5, 0.6) is 11.5 Å². The van der Waals surface area contributed by atoms with E-state index in [0.29, 0.717) is 35.1 Å². The predicted octanol–water partition coefficient (Wildman–Crippen LogP) is 5.90. The number of fused-ring (bicyclic) bond motifs is 1. The van der Waals surface area contributed by atoms with Crippen molar-refractivity contribution >= 4 is 39.1 Å². The van der Waals surface area contributed by atoms with E-state index in [2.05, 4.69) is 21.9 Å². The molecule has 1 heterocycles. The summed E-state index contributed by atoms with van der Waals surface area (Å²) in [5, 5.41) is 18.8. The number of ether oxygens (including phenoxy) is 1. The van der Waals surface area contributed by atoms with E-state index >= 15 is 0 Å². The third kappa shape index (κ3) is 7.65. The van der Waals surface area contributed by atoms with Gasteiger partial charge in [0, 0.05) is 23.2 Å². The van der Waals surface area contributed by atoms with Crippen LogP contribution in [-0.2, 0) is 32.6 Å². The lowest BCUT2D eigenvalue weighted by Crippen LogP contribution is -2.63. The summed E-state index contributed by atoms with van der Waals surface area (Å²) in [6.07, 6.45) is 1.41. The second-order valence-electron chi connectivity index (χ2n) is 15.2. The number of amides is 2. The van der Waals surface area contributed by atoms with Crippen molar-refractivity contribution in [1.29, 1.82) is 0 Å². The number of sulfonamides is 1. The number of carbonyl (C=O) groups excluding carboxylic acids is 2. The molecule has 3 aromatic carbocycles. The first-order valence-corrected chi connectivity index (χ1v) is 18.8. The van der Waals surface area contributed by atoms with Gasteiger partial charge in [-0.05, 0) is 104 Å². The summed E-state index contributed by atoms with van der Waals surface area (Å²) in [4.78, 5) is 29.9. The van der Waals surface area contributed by atoms with Crippen LogP contribution < -0.4 is 20.1 Å². The Labute approximate surface area is 303 Å². The first kappa shape index (κ1) is 36.8. The normalized spacial score (nSPS) is 23.3. The monoisotopic (exact) mass is 738 g/mol. The number of hydrogen-bond acceptors (Lipinski definition) is 8. The van der Waals surface area contributed by atoms with Gasteiger partial charge in [0.05, 0.1) is 10.8 Å². The molecule has 2 saturated carbocycles. The highest BCUT2D eigenvalue weighted by molar-refractivity contribution is 7.91. The summed E-state index contributed by atoms with van der Waals surface area (Å²) in [6.45, 7) is 11.3. The van der Waals surface area contributed by atoms with Gasteiger partial charge in [-0.15, -0.1) is 6.58 Å². The molecule has 10 nitrogen and oxygen atoms in total. The van der Waals surface area contributed by atoms with Crippen molar-refractivity contribution in [2.24, 2.45) is 11.3 Å². The van der Waals surface area contributed by atoms with Crippen LogP contribution in [0.4, 0.5) is 10.1 Å². The van der Waals surface area contributed by atoms with Crippen LogP contribution >= 0.6 is 11.6 Å². The van der Waals surface area contributed by atoms with Crippen molar-refractivity contribution < 1.29 is 32.2 Å². The van der Waals surface area contributed by atoms with Gasteiger partial charge in [0.15, 0.2) is 0 Å². The van der Waals surface area contributed by atoms with E-state index in [-0.39, 0.29) is 25.3 Å². The van der Waals surface area contributed by atoms with E-state index in [1.54, 1.807) is 60.4 Å². The minimum Gasteiger partial charge on any atom is -0.457 e. The van der Waals surface area contributed by atoms with Crippen molar-refractivity contribution in [3.05, 3.63) is 101 Å². The second-order valence-corrected chi connectivity index (χ2v) is 17.8. The number of aliphatic hydroxyl groups is 1. The molecule has 1 unspecified atom stereocenters. The maximum Gasteiger partial charge on any atom is 0.254 e. The summed E-state index contributed by atoms with van der Waals surface area (Å²) in [7, 11) is -3.95. The molecule has 272 valence electrons. The largest absolute Gasteiger partial charge is 0.457 e. The van der Waals surface area contributed by atoms with E-state index in [0.717, 1.165) is 11.1 Å². The molecule has 3 aliphatic rings. The minimum atomic E-state index is -3.95. The molecule has 0 saturated heterocycles. The van der Waals surface area contributed by atoms with E-state index < -0.39 is 61.7 Å². The Morgan fingerprint density at radius 3 is 2.37 bits per heavy atom. The van der Waals surface area contributed by atoms with Crippen molar-refractivity contribution in [2.45, 2.75) is 88.5 Å². The molecular weight excluding hydrogens is 695 g/mol. The Kier molecular flexibility index (Phi) is 9.77. The summed E-state index contributed by atoms with van der Waals surface area (Å²) in [6, 6.07) is 16.6. The van der Waals surface area contributed by atoms with Gasteiger partial charge in [-0.25, -0.2) is 12.8 Å². The van der Waals surface area contributed by atoms with Gasteiger partial charge in [0.1, 0.15) is 35.1 Å². The van der Waals surface area contributed by atoms with Crippen molar-refractivity contribution in [1.82, 2.24) is 14.9 Å². The molecule has 2 aliphatic carbocycles. The molecule has 6 rings (SSSR count). The van der Waals surface area contributed by atoms with Crippen molar-refractivity contribution in [2.75, 3.05) is 5.32 Å². The Morgan fingerprint density at radius 2 is 1.76 bits per heavy atom. The number of anilines is 1. The lowest BCUT2D eigenvalue weighted by molar-refractivity contribution is -0.142. The van der Waals surface area contributed by atoms with Gasteiger partial charge in [-0.3, -0.25) is 19.6 Å². The molecule has 0 bridgehead atoms. The van der Waals surface area contributed by atoms with Gasteiger partial charge < -0.3 is 20.1 Å². The molecule has 0 radical (unpaired) electrons. The fraction of sp³-hybridized carbons (Fsp3) is 0.421. The molecule has 2 amide bonds. The van der Waals surface area contributed by atoms with Gasteiger partial charge in [-0.1, -0.05) is 50.6 Å². The maximum atomic E-state index is 14.7. The average Bonchev–Trinajstić information content (AvgIpc) is 3.99. The van der Waals surface area contributed by atoms with Gasteiger partial charge >= 0.3 is 0 Å². The highest BCUT2D eigenvalue weighted by atomic mass is 35.5. The minimum absolute atomic E-state index is 0.128. The number of nitrogens with one attached hydrogen (secondary N) is 3. The number of hydrogen-bond donors (Lipinski definition) is 4. The molecular formula is C38H44ClFN4O6S. The van der Waals surface area contributed by atoms with E-state index in [1.165, 1.54) is 12.1 Å². The summed E-state index contributed by atoms with van der Waals surface area (Å²) < 4.78 is 47.1. The third-order valence-electron chi connectivity index (χ3n) is 10.2. The van der Waals surface area contributed by atoms with Crippen LogP contribution in [0.3, 0.4) is 0 Å². The van der Waals surface area contributed by atoms with Gasteiger partial charge in [0.25, 0.3) is 5.91 Å². The van der Waals surface area contributed by atoms with Gasteiger partial charge in [0.2, 0.25) is 15.9 Å². The molecule has 3 aromatic rings. The topological polar surface area (TPSA) is 137 Å². The Morgan fingerprint density at radius 1 is 1.08 bits per heavy atom. The molecule has 51 heavy (non-hydrogen) atoms. The first-order valence-electron chi connectivity index (χ1n) is 17.0. The Hall–Kier alpha value is -3.97. The van der Waals surface area contributed by atoms with Crippen LogP contribution in [0.1, 0.15) is 58.1 Å². The molecule has 13 heteroatoms. The van der Waals surface area contributed by atoms with Crippen LogP contribution in [0.15, 0.2) is 79.4 Å². The van der Waals surface area contributed by atoms with E-state index in [4.69, 9.17) is 16.3 Å². The number of aliphatic hydroxyl groups excluding tert-OH is 1. The first-order chi connectivity index (χ1) is 23.9. The lowest BCUT2D eigenvalue weighted by atomic mass is 9.84. The molecule has 1 aliphatic heterocycles. The second kappa shape index (κ2) is 13.5. The molecule has 0 spiro atoms. The Bertz CT molecular complexity index is 1950. The number of rotatable bonds is 12. The fourth-order valence-electron chi connectivity index (χ4n) is 6.57. The summed E-state index contributed by atoms with van der Waals surface area (Å²) in [5.41, 5.74) is 0.144. The van der Waals surface area contributed by atoms with Crippen LogP contribution in [0, 0.1) is 17.2 Å². The Balaban J connectivity index is 1.32. The van der Waals surface area contributed by atoms with Gasteiger partial charge in [-0.2, -0.15) is 0 Å². The van der Waals surface area contributed by atoms with E-state index in [9.17, 15) is 27.5 Å². The zero-order valence-electron chi connectivity index (χ0n) is 29.1. The standard InChI is InChI=1S/C38H44ClFN4O6S/c1-6-25-21-38(25,35(47)43-51(48,49)37(5)16-17-37)42-33(45)31-19-24-18-30(50-29-9-7-8-26(39)20-29)15-10-23(24)22-44(31)34(46)32(36(2,3)4)41-28-13-11-27(40)12-14-28/h6-15,18,20,25,31-33,41-42,45H,1,16-17,19,21-22H2,2-5H3,(H,43,47)/t25-,31-,32-,33?,38-/m1/s1. The zero-order valence-corrected chi connectivity index (χ0v) is 30.7. The average molecular weight is 739 g/mol. The maximum absolute atomic E-state index is 14.7. The van der Waals surface area contributed by atoms with Crippen molar-refractivity contribution in [3.8, 4) is 11.5 Å². The number of benzene rings is 3. The molecule has 0 aromatic heterocycles. The number of carbonyl (C=O) groups is 2. The zero-order chi connectivity index (χ0) is 36.9. The quantitative estimate of drug-likeness (QED) is 0.133. The van der Waals surface area contributed by atoms with E-state index in [1.807, 2.05) is 32.9 Å². The molecule has 4 N–H and O–H groups in total. The summed E-state index contributed by atoms with van der Waals surface area (Å²) in [5.74, 6) is -0.867. The van der Waals surface area contributed by atoms with Crippen LogP contribution in [0.2, 0.25) is 5.02 Å². The number of nitrogens with zero attached hydrogens (tertiary/aromatic N) is 1. The lowest BCUT2D eigenvalue weighted by Gasteiger charge is -2.44.